The Labute approximate surface area is 154 Å². The molecule has 0 saturated heterocycles. The lowest BCUT2D eigenvalue weighted by Crippen LogP contribution is -2.13. The number of benzene rings is 2. The molecule has 3 aromatic rings. The highest BCUT2D eigenvalue weighted by Gasteiger charge is 2.15. The fourth-order valence-corrected chi connectivity index (χ4v) is 2.91. The van der Waals surface area contributed by atoms with Crippen molar-refractivity contribution in [3.05, 3.63) is 70.7 Å². The average molecular weight is 368 g/mol. The van der Waals surface area contributed by atoms with Gasteiger partial charge in [-0.3, -0.25) is 9.78 Å². The molecule has 7 heteroatoms. The van der Waals surface area contributed by atoms with Crippen molar-refractivity contribution < 1.29 is 23.5 Å². The Morgan fingerprint density at radius 2 is 1.96 bits per heavy atom. The Morgan fingerprint density at radius 1 is 1.22 bits per heavy atom. The van der Waals surface area contributed by atoms with E-state index in [2.05, 4.69) is 4.98 Å². The van der Waals surface area contributed by atoms with E-state index < -0.39 is 6.09 Å². The summed E-state index contributed by atoms with van der Waals surface area (Å²) >= 11 is 0. The number of pyridine rings is 1. The van der Waals surface area contributed by atoms with Crippen LogP contribution in [-0.4, -0.2) is 24.5 Å². The lowest BCUT2D eigenvalue weighted by Gasteiger charge is -2.13. The lowest BCUT2D eigenvalue weighted by atomic mass is 10.00. The Hall–Kier alpha value is -3.48. The predicted octanol–water partition coefficient (Wildman–Crippen LogP) is 3.38. The minimum atomic E-state index is -0.915. The van der Waals surface area contributed by atoms with Crippen LogP contribution >= 0.6 is 0 Å². The third-order valence-electron chi connectivity index (χ3n) is 4.12. The van der Waals surface area contributed by atoms with Crippen molar-refractivity contribution in [3.63, 3.8) is 0 Å². The highest BCUT2D eigenvalue weighted by Crippen LogP contribution is 2.31. The molecule has 0 aliphatic rings. The molecule has 0 atom stereocenters. The van der Waals surface area contributed by atoms with E-state index in [9.17, 15) is 14.0 Å². The van der Waals surface area contributed by atoms with Gasteiger partial charge in [0, 0.05) is 11.6 Å². The van der Waals surface area contributed by atoms with Gasteiger partial charge in [-0.15, -0.1) is 0 Å². The van der Waals surface area contributed by atoms with Crippen LogP contribution in [0.15, 0.2) is 42.6 Å². The first kappa shape index (κ1) is 18.3. The van der Waals surface area contributed by atoms with Crippen molar-refractivity contribution in [3.8, 4) is 5.75 Å². The summed E-state index contributed by atoms with van der Waals surface area (Å²) in [5, 5.41) is 0.679. The van der Waals surface area contributed by atoms with Gasteiger partial charge < -0.3 is 15.2 Å². The van der Waals surface area contributed by atoms with E-state index in [4.69, 9.17) is 15.2 Å². The molecule has 1 heterocycles. The maximum absolute atomic E-state index is 13.1. The van der Waals surface area contributed by atoms with Crippen LogP contribution in [0.4, 0.5) is 9.18 Å². The maximum Gasteiger partial charge on any atom is 0.404 e. The molecule has 6 nitrogen and oxygen atoms in total. The zero-order valence-electron chi connectivity index (χ0n) is 14.6. The van der Waals surface area contributed by atoms with Crippen LogP contribution in [0.3, 0.4) is 0 Å². The first-order chi connectivity index (χ1) is 13.0. The number of primary amides is 1. The second kappa shape index (κ2) is 7.82. The molecule has 0 radical (unpaired) electrons. The van der Waals surface area contributed by atoms with Gasteiger partial charge in [0.2, 0.25) is 0 Å². The number of nitrogens with two attached hydrogens (primary N) is 1. The number of aromatic nitrogens is 1. The maximum atomic E-state index is 13.1. The van der Waals surface area contributed by atoms with Gasteiger partial charge in [-0.05, 0) is 47.4 Å². The molecule has 1 amide bonds. The van der Waals surface area contributed by atoms with Gasteiger partial charge >= 0.3 is 6.09 Å². The molecule has 27 heavy (non-hydrogen) atoms. The number of hydrogen-bond donors (Lipinski definition) is 1. The quantitative estimate of drug-likeness (QED) is 0.674. The molecule has 138 valence electrons. The molecule has 0 unspecified atom stereocenters. The Kier molecular flexibility index (Phi) is 5.30. The molecular formula is C20H17FN2O4. The summed E-state index contributed by atoms with van der Waals surface area (Å²) in [6, 6.07) is 9.66. The number of aldehydes is 1. The topological polar surface area (TPSA) is 91.5 Å². The van der Waals surface area contributed by atoms with E-state index in [1.807, 2.05) is 6.07 Å². The summed E-state index contributed by atoms with van der Waals surface area (Å²) in [7, 11) is 1.45. The zero-order valence-corrected chi connectivity index (χ0v) is 14.6. The zero-order chi connectivity index (χ0) is 19.4. The number of hydrogen-bond acceptors (Lipinski definition) is 5. The van der Waals surface area contributed by atoms with Crippen LogP contribution in [0, 0.1) is 5.82 Å². The van der Waals surface area contributed by atoms with E-state index in [1.165, 1.54) is 19.2 Å². The first-order valence-corrected chi connectivity index (χ1v) is 8.12. The van der Waals surface area contributed by atoms with Gasteiger partial charge in [-0.25, -0.2) is 9.18 Å². The molecule has 0 bridgehead atoms. The summed E-state index contributed by atoms with van der Waals surface area (Å²) in [4.78, 5) is 26.8. The van der Waals surface area contributed by atoms with Crippen molar-refractivity contribution in [2.45, 2.75) is 13.0 Å². The van der Waals surface area contributed by atoms with Gasteiger partial charge in [0.15, 0.2) is 12.0 Å². The number of amides is 1. The molecule has 3 rings (SSSR count). The van der Waals surface area contributed by atoms with Crippen molar-refractivity contribution in [1.29, 1.82) is 0 Å². The Balaban J connectivity index is 2.08. The molecule has 0 aliphatic heterocycles. The number of fused-ring (bicyclic) bond motifs is 1. The number of carbonyl (C=O) groups excluding carboxylic acids is 2. The summed E-state index contributed by atoms with van der Waals surface area (Å²) < 4.78 is 23.3. The molecular weight excluding hydrogens is 351 g/mol. The van der Waals surface area contributed by atoms with Crippen LogP contribution in [0.2, 0.25) is 0 Å². The van der Waals surface area contributed by atoms with Crippen LogP contribution < -0.4 is 10.5 Å². The van der Waals surface area contributed by atoms with Crippen molar-refractivity contribution >= 4 is 23.3 Å². The van der Waals surface area contributed by atoms with E-state index in [0.717, 1.165) is 11.1 Å². The second-order valence-electron chi connectivity index (χ2n) is 5.93. The lowest BCUT2D eigenvalue weighted by molar-refractivity contribution is 0.112. The monoisotopic (exact) mass is 368 g/mol. The number of ether oxygens (including phenoxy) is 2. The van der Waals surface area contributed by atoms with Crippen molar-refractivity contribution in [2.75, 3.05) is 7.11 Å². The average Bonchev–Trinajstić information content (AvgIpc) is 2.67. The van der Waals surface area contributed by atoms with Crippen LogP contribution in [0.5, 0.6) is 5.75 Å². The van der Waals surface area contributed by atoms with Crippen LogP contribution in [0.25, 0.3) is 10.9 Å². The first-order valence-electron chi connectivity index (χ1n) is 8.12. The molecule has 0 fully saturated rings. The van der Waals surface area contributed by atoms with E-state index in [0.29, 0.717) is 40.5 Å². The Bertz CT molecular complexity index is 1000. The highest BCUT2D eigenvalue weighted by atomic mass is 19.1. The largest absolute Gasteiger partial charge is 0.494 e. The molecule has 1 aromatic heterocycles. The highest BCUT2D eigenvalue weighted by molar-refractivity contribution is 5.96. The van der Waals surface area contributed by atoms with E-state index in [-0.39, 0.29) is 12.4 Å². The molecule has 0 saturated carbocycles. The van der Waals surface area contributed by atoms with E-state index in [1.54, 1.807) is 24.4 Å². The third-order valence-corrected chi connectivity index (χ3v) is 4.12. The van der Waals surface area contributed by atoms with Crippen molar-refractivity contribution in [1.82, 2.24) is 4.98 Å². The van der Waals surface area contributed by atoms with E-state index >= 15 is 0 Å². The SMILES string of the molecule is COc1c(C=O)cc(COC(N)=O)c2cc(Cc3ccc(F)cc3)cnc12. The summed E-state index contributed by atoms with van der Waals surface area (Å²) in [6.45, 7) is -0.0989. The van der Waals surface area contributed by atoms with Gasteiger partial charge in [-0.2, -0.15) is 0 Å². The summed E-state index contributed by atoms with van der Waals surface area (Å²) in [5.41, 5.74) is 8.21. The van der Waals surface area contributed by atoms with Crippen LogP contribution in [-0.2, 0) is 17.8 Å². The molecule has 2 N–H and O–H groups in total. The fraction of sp³-hybridized carbons (Fsp3) is 0.150. The van der Waals surface area contributed by atoms with Crippen molar-refractivity contribution in [2.24, 2.45) is 5.73 Å². The summed E-state index contributed by atoms with van der Waals surface area (Å²) in [6.07, 6.45) is 1.95. The summed E-state index contributed by atoms with van der Waals surface area (Å²) in [5.74, 6) is 0.0450. The van der Waals surface area contributed by atoms with Gasteiger partial charge in [0.25, 0.3) is 0 Å². The minimum absolute atomic E-state index is 0.0989. The smallest absolute Gasteiger partial charge is 0.404 e. The fourth-order valence-electron chi connectivity index (χ4n) is 2.91. The van der Waals surface area contributed by atoms with Crippen LogP contribution in [0.1, 0.15) is 27.0 Å². The number of rotatable bonds is 6. The number of carbonyl (C=O) groups is 2. The predicted molar refractivity (Wildman–Crippen MR) is 97.3 cm³/mol. The number of methoxy groups -OCH3 is 1. The standard InChI is InChI=1S/C20H17FN2O4/c1-26-19-14(10-24)8-15(11-27-20(22)25)17-7-13(9-23-18(17)19)6-12-2-4-16(21)5-3-12/h2-5,7-10H,6,11H2,1H3,(H2,22,25). The van der Waals surface area contributed by atoms with Gasteiger partial charge in [0.1, 0.15) is 17.9 Å². The number of halogens is 1. The Morgan fingerprint density at radius 3 is 2.59 bits per heavy atom. The van der Waals surface area contributed by atoms with Gasteiger partial charge in [-0.1, -0.05) is 12.1 Å². The number of nitrogens with zero attached hydrogens (tertiary/aromatic N) is 1. The van der Waals surface area contributed by atoms with Gasteiger partial charge in [0.05, 0.1) is 12.7 Å². The molecule has 0 aliphatic carbocycles. The normalized spacial score (nSPS) is 10.6. The molecule has 2 aromatic carbocycles. The molecule has 0 spiro atoms. The minimum Gasteiger partial charge on any atom is -0.494 e. The third kappa shape index (κ3) is 4.03. The second-order valence-corrected chi connectivity index (χ2v) is 5.93.